The zero-order chi connectivity index (χ0) is 14.0. The highest BCUT2D eigenvalue weighted by Gasteiger charge is 2.31. The summed E-state index contributed by atoms with van der Waals surface area (Å²) in [7, 11) is 5.54. The second-order valence-corrected chi connectivity index (χ2v) is 5.03. The van der Waals surface area contributed by atoms with Crippen LogP contribution in [0.2, 0.25) is 0 Å². The van der Waals surface area contributed by atoms with Crippen molar-refractivity contribution in [1.29, 1.82) is 0 Å². The van der Waals surface area contributed by atoms with Crippen LogP contribution < -0.4 is 10.6 Å². The fourth-order valence-electron chi connectivity index (χ4n) is 2.89. The summed E-state index contributed by atoms with van der Waals surface area (Å²) in [4.78, 5) is 14.1. The van der Waals surface area contributed by atoms with Crippen LogP contribution in [0.25, 0.3) is 0 Å². The predicted octanol–water partition coefficient (Wildman–Crippen LogP) is 0.481. The SMILES string of the molecule is CNC(=O)C1CCCN1Cc1c(C)nn(C)c1NC. The number of amides is 1. The summed E-state index contributed by atoms with van der Waals surface area (Å²) in [5, 5.41) is 10.4. The molecule has 2 N–H and O–H groups in total. The molecule has 1 aliphatic heterocycles. The molecule has 6 nitrogen and oxygen atoms in total. The molecule has 19 heavy (non-hydrogen) atoms. The number of likely N-dealkylation sites (N-methyl/N-ethyl adjacent to an activating group) is 1. The highest BCUT2D eigenvalue weighted by atomic mass is 16.2. The van der Waals surface area contributed by atoms with Crippen LogP contribution in [-0.2, 0) is 18.4 Å². The largest absolute Gasteiger partial charge is 0.373 e. The molecule has 0 saturated carbocycles. The Labute approximate surface area is 114 Å². The number of anilines is 1. The third-order valence-corrected chi connectivity index (χ3v) is 3.86. The maximum Gasteiger partial charge on any atom is 0.237 e. The maximum atomic E-state index is 11.9. The number of hydrogen-bond acceptors (Lipinski definition) is 4. The number of nitrogens with one attached hydrogen (secondary N) is 2. The van der Waals surface area contributed by atoms with Crippen LogP contribution in [0, 0.1) is 6.92 Å². The van der Waals surface area contributed by atoms with Crippen LogP contribution in [0.1, 0.15) is 24.1 Å². The number of rotatable bonds is 4. The number of nitrogens with zero attached hydrogens (tertiary/aromatic N) is 3. The van der Waals surface area contributed by atoms with Gasteiger partial charge in [-0.2, -0.15) is 5.10 Å². The molecule has 0 aromatic carbocycles. The zero-order valence-corrected chi connectivity index (χ0v) is 12.2. The Bertz CT molecular complexity index is 468. The van der Waals surface area contributed by atoms with E-state index in [2.05, 4.69) is 20.6 Å². The van der Waals surface area contributed by atoms with Crippen molar-refractivity contribution < 1.29 is 4.79 Å². The van der Waals surface area contributed by atoms with Gasteiger partial charge in [0.05, 0.1) is 11.7 Å². The average Bonchev–Trinajstić information content (AvgIpc) is 2.95. The monoisotopic (exact) mass is 265 g/mol. The summed E-state index contributed by atoms with van der Waals surface area (Å²) < 4.78 is 1.86. The molecule has 0 radical (unpaired) electrons. The summed E-state index contributed by atoms with van der Waals surface area (Å²) in [5.74, 6) is 1.14. The van der Waals surface area contributed by atoms with Crippen LogP contribution in [0.5, 0.6) is 0 Å². The van der Waals surface area contributed by atoms with E-state index >= 15 is 0 Å². The third-order valence-electron chi connectivity index (χ3n) is 3.86. The number of aryl methyl sites for hydroxylation is 2. The van der Waals surface area contributed by atoms with Gasteiger partial charge in [0, 0.05) is 33.3 Å². The van der Waals surface area contributed by atoms with Gasteiger partial charge < -0.3 is 10.6 Å². The molecule has 1 aromatic heterocycles. The number of carbonyl (C=O) groups is 1. The molecule has 1 unspecified atom stereocenters. The Morgan fingerprint density at radius 2 is 2.21 bits per heavy atom. The lowest BCUT2D eigenvalue weighted by Crippen LogP contribution is -2.41. The van der Waals surface area contributed by atoms with Crippen molar-refractivity contribution in [2.45, 2.75) is 32.4 Å². The molecule has 1 saturated heterocycles. The second-order valence-electron chi connectivity index (χ2n) is 5.03. The Morgan fingerprint density at radius 3 is 2.84 bits per heavy atom. The van der Waals surface area contributed by atoms with E-state index in [0.29, 0.717) is 0 Å². The first-order valence-electron chi connectivity index (χ1n) is 6.74. The highest BCUT2D eigenvalue weighted by molar-refractivity contribution is 5.81. The van der Waals surface area contributed by atoms with E-state index < -0.39 is 0 Å². The average molecular weight is 265 g/mol. The van der Waals surface area contributed by atoms with Crippen LogP contribution in [-0.4, -0.2) is 47.3 Å². The fraction of sp³-hybridized carbons (Fsp3) is 0.692. The van der Waals surface area contributed by atoms with Gasteiger partial charge in [-0.15, -0.1) is 0 Å². The van der Waals surface area contributed by atoms with E-state index in [-0.39, 0.29) is 11.9 Å². The first-order chi connectivity index (χ1) is 9.08. The normalized spacial score (nSPS) is 19.7. The minimum Gasteiger partial charge on any atom is -0.373 e. The Balaban J connectivity index is 2.19. The van der Waals surface area contributed by atoms with Gasteiger partial charge in [-0.25, -0.2) is 0 Å². The molecule has 0 spiro atoms. The lowest BCUT2D eigenvalue weighted by Gasteiger charge is -2.23. The van der Waals surface area contributed by atoms with E-state index in [9.17, 15) is 4.79 Å². The number of likely N-dealkylation sites (tertiary alicyclic amines) is 1. The van der Waals surface area contributed by atoms with Gasteiger partial charge >= 0.3 is 0 Å². The third kappa shape index (κ3) is 2.58. The molecule has 1 aromatic rings. The van der Waals surface area contributed by atoms with Crippen molar-refractivity contribution in [3.8, 4) is 0 Å². The molecule has 106 valence electrons. The molecule has 1 fully saturated rings. The van der Waals surface area contributed by atoms with Crippen LogP contribution >= 0.6 is 0 Å². The van der Waals surface area contributed by atoms with Gasteiger partial charge in [-0.3, -0.25) is 14.4 Å². The number of hydrogen-bond donors (Lipinski definition) is 2. The van der Waals surface area contributed by atoms with Crippen molar-refractivity contribution >= 4 is 11.7 Å². The van der Waals surface area contributed by atoms with E-state index in [1.54, 1.807) is 7.05 Å². The molecule has 2 heterocycles. The summed E-state index contributed by atoms with van der Waals surface area (Å²) in [5.41, 5.74) is 2.20. The standard InChI is InChI=1S/C13H23N5O/c1-9-10(12(14-2)17(4)16-9)8-18-7-5-6-11(18)13(19)15-3/h11,14H,5-8H2,1-4H3,(H,15,19). The lowest BCUT2D eigenvalue weighted by molar-refractivity contribution is -0.125. The van der Waals surface area contributed by atoms with Gasteiger partial charge in [0.1, 0.15) is 5.82 Å². The first-order valence-corrected chi connectivity index (χ1v) is 6.74. The highest BCUT2D eigenvalue weighted by Crippen LogP contribution is 2.25. The summed E-state index contributed by atoms with van der Waals surface area (Å²) in [6.07, 6.45) is 2.01. The Morgan fingerprint density at radius 1 is 1.47 bits per heavy atom. The van der Waals surface area contributed by atoms with Crippen molar-refractivity contribution in [3.63, 3.8) is 0 Å². The summed E-state index contributed by atoms with van der Waals surface area (Å²) >= 11 is 0. The van der Waals surface area contributed by atoms with Crippen LogP contribution in [0.15, 0.2) is 0 Å². The van der Waals surface area contributed by atoms with Crippen molar-refractivity contribution in [1.82, 2.24) is 20.0 Å². The van der Waals surface area contributed by atoms with Crippen LogP contribution in [0.3, 0.4) is 0 Å². The second kappa shape index (κ2) is 5.61. The maximum absolute atomic E-state index is 11.9. The topological polar surface area (TPSA) is 62.2 Å². The fourth-order valence-corrected chi connectivity index (χ4v) is 2.89. The zero-order valence-electron chi connectivity index (χ0n) is 12.2. The molecule has 0 bridgehead atoms. The quantitative estimate of drug-likeness (QED) is 0.831. The predicted molar refractivity (Wildman–Crippen MR) is 75.0 cm³/mol. The Hall–Kier alpha value is -1.56. The van der Waals surface area contributed by atoms with Gasteiger partial charge in [0.25, 0.3) is 0 Å². The van der Waals surface area contributed by atoms with Gasteiger partial charge in [0.15, 0.2) is 0 Å². The molecular formula is C13H23N5O. The summed E-state index contributed by atoms with van der Waals surface area (Å²) in [6, 6.07) is -0.00527. The molecule has 1 atom stereocenters. The molecule has 0 aliphatic carbocycles. The Kier molecular flexibility index (Phi) is 4.09. The van der Waals surface area contributed by atoms with Crippen molar-refractivity contribution in [3.05, 3.63) is 11.3 Å². The van der Waals surface area contributed by atoms with Gasteiger partial charge in [0.2, 0.25) is 5.91 Å². The van der Waals surface area contributed by atoms with Gasteiger partial charge in [-0.1, -0.05) is 0 Å². The van der Waals surface area contributed by atoms with E-state index in [1.807, 2.05) is 25.7 Å². The molecule has 1 amide bonds. The van der Waals surface area contributed by atoms with E-state index in [0.717, 1.165) is 37.4 Å². The van der Waals surface area contributed by atoms with Gasteiger partial charge in [-0.05, 0) is 26.3 Å². The minimum atomic E-state index is -0.00527. The smallest absolute Gasteiger partial charge is 0.237 e. The molecule has 2 rings (SSSR count). The van der Waals surface area contributed by atoms with E-state index in [4.69, 9.17) is 0 Å². The first kappa shape index (κ1) is 13.9. The minimum absolute atomic E-state index is 0.00527. The lowest BCUT2D eigenvalue weighted by atomic mass is 10.1. The van der Waals surface area contributed by atoms with E-state index in [1.165, 1.54) is 5.56 Å². The number of aromatic nitrogens is 2. The summed E-state index contributed by atoms with van der Waals surface area (Å²) in [6.45, 7) is 3.75. The number of carbonyl (C=O) groups excluding carboxylic acids is 1. The van der Waals surface area contributed by atoms with Crippen LogP contribution in [0.4, 0.5) is 5.82 Å². The van der Waals surface area contributed by atoms with Crippen molar-refractivity contribution in [2.24, 2.45) is 7.05 Å². The molecular weight excluding hydrogens is 242 g/mol. The molecule has 1 aliphatic rings. The van der Waals surface area contributed by atoms with Crippen molar-refractivity contribution in [2.75, 3.05) is 26.0 Å². The molecule has 6 heteroatoms.